The molecule has 33 heavy (non-hydrogen) atoms. The summed E-state index contributed by atoms with van der Waals surface area (Å²) in [5.74, 6) is -0.338. The van der Waals surface area contributed by atoms with Crippen LogP contribution in [0, 0.1) is 0 Å². The van der Waals surface area contributed by atoms with Gasteiger partial charge >= 0.3 is 12.1 Å². The smallest absolute Gasteiger partial charge is 0.325 e. The van der Waals surface area contributed by atoms with Gasteiger partial charge < -0.3 is 26.8 Å². The van der Waals surface area contributed by atoms with Crippen molar-refractivity contribution in [3.63, 3.8) is 0 Å². The van der Waals surface area contributed by atoms with Crippen molar-refractivity contribution in [3.05, 3.63) is 48.8 Å². The predicted molar refractivity (Wildman–Crippen MR) is 120 cm³/mol. The van der Waals surface area contributed by atoms with Crippen LogP contribution in [0.5, 0.6) is 11.5 Å². The van der Waals surface area contributed by atoms with Gasteiger partial charge in [-0.2, -0.15) is 0 Å². The van der Waals surface area contributed by atoms with Gasteiger partial charge in [-0.3, -0.25) is 19.5 Å². The molecule has 0 spiro atoms. The monoisotopic (exact) mass is 453 g/mol. The molecule has 1 atom stereocenters. The zero-order valence-corrected chi connectivity index (χ0v) is 17.7. The number of aromatic nitrogens is 2. The number of hydrogen-bond donors (Lipinski definition) is 5. The fraction of sp³-hybridized carbons (Fsp3) is 0.190. The molecular weight excluding hydrogens is 430 g/mol. The van der Waals surface area contributed by atoms with E-state index in [1.165, 1.54) is 16.8 Å². The second-order valence-electron chi connectivity index (χ2n) is 7.00. The summed E-state index contributed by atoms with van der Waals surface area (Å²) in [5.41, 5.74) is 11.0. The Morgan fingerprint density at radius 3 is 2.55 bits per heavy atom. The van der Waals surface area contributed by atoms with Gasteiger partial charge in [0.25, 0.3) is 0 Å². The summed E-state index contributed by atoms with van der Waals surface area (Å²) < 4.78 is 7.32. The number of primary amides is 2. The van der Waals surface area contributed by atoms with Gasteiger partial charge in [0.2, 0.25) is 11.8 Å². The van der Waals surface area contributed by atoms with Crippen LogP contribution in [0.2, 0.25) is 0 Å². The summed E-state index contributed by atoms with van der Waals surface area (Å²) in [6.45, 7) is 0. The number of nitrogens with zero attached hydrogens (tertiary/aromatic N) is 2. The number of carbonyl (C=O) groups is 4. The molecule has 0 bridgehead atoms. The average molecular weight is 453 g/mol. The van der Waals surface area contributed by atoms with Crippen molar-refractivity contribution in [1.82, 2.24) is 20.2 Å². The maximum atomic E-state index is 12.2. The molecule has 0 fully saturated rings. The van der Waals surface area contributed by atoms with Crippen LogP contribution in [-0.2, 0) is 9.59 Å². The number of hydrogen-bond acceptors (Lipinski definition) is 6. The van der Waals surface area contributed by atoms with E-state index in [1.54, 1.807) is 43.6 Å². The SMILES string of the molecule is CNC(=O)n1ccc2cc(Oc3ccnc(NC(=O)N[C@H](CCC(N)=O)C(N)=O)c3)ccc21. The number of nitrogens with one attached hydrogen (secondary N) is 3. The van der Waals surface area contributed by atoms with Gasteiger partial charge in [-0.05, 0) is 36.8 Å². The molecule has 0 aliphatic carbocycles. The molecule has 0 aliphatic rings. The van der Waals surface area contributed by atoms with E-state index in [0.717, 1.165) is 10.9 Å². The van der Waals surface area contributed by atoms with Crippen LogP contribution in [0.25, 0.3) is 10.9 Å². The second kappa shape index (κ2) is 10.1. The number of fused-ring (bicyclic) bond motifs is 1. The highest BCUT2D eigenvalue weighted by molar-refractivity contribution is 5.93. The van der Waals surface area contributed by atoms with Crippen molar-refractivity contribution < 1.29 is 23.9 Å². The minimum Gasteiger partial charge on any atom is -0.457 e. The van der Waals surface area contributed by atoms with E-state index in [0.29, 0.717) is 11.5 Å². The Labute approximate surface area is 188 Å². The lowest BCUT2D eigenvalue weighted by Crippen LogP contribution is -2.46. The van der Waals surface area contributed by atoms with Gasteiger partial charge in [-0.25, -0.2) is 14.6 Å². The summed E-state index contributed by atoms with van der Waals surface area (Å²) in [6, 6.07) is 8.05. The third-order valence-electron chi connectivity index (χ3n) is 4.63. The standard InChI is InChI=1S/C21H23N7O5/c1-24-21(32)28-9-7-12-10-13(2-4-16(12)28)33-14-6-8-25-18(11-14)27-20(31)26-15(19(23)30)3-5-17(22)29/h2,4,6-11,15H,3,5H2,1H3,(H2,22,29)(H2,23,30)(H,24,32)(H2,25,26,27,31)/t15-/m1/s1. The molecule has 0 unspecified atom stereocenters. The van der Waals surface area contributed by atoms with Crippen molar-refractivity contribution in [3.8, 4) is 11.5 Å². The van der Waals surface area contributed by atoms with Gasteiger partial charge in [0, 0.05) is 37.3 Å². The van der Waals surface area contributed by atoms with E-state index in [9.17, 15) is 19.2 Å². The third kappa shape index (κ3) is 5.97. The van der Waals surface area contributed by atoms with E-state index < -0.39 is 23.9 Å². The molecule has 2 heterocycles. The minimum absolute atomic E-state index is 0.0151. The fourth-order valence-corrected chi connectivity index (χ4v) is 3.04. The molecule has 3 aromatic rings. The van der Waals surface area contributed by atoms with E-state index >= 15 is 0 Å². The average Bonchev–Trinajstić information content (AvgIpc) is 3.19. The number of anilines is 1. The van der Waals surface area contributed by atoms with Gasteiger partial charge in [-0.15, -0.1) is 0 Å². The van der Waals surface area contributed by atoms with E-state index in [2.05, 4.69) is 20.9 Å². The number of amides is 5. The summed E-state index contributed by atoms with van der Waals surface area (Å²) in [7, 11) is 1.55. The molecule has 0 saturated heterocycles. The molecule has 0 aliphatic heterocycles. The first-order valence-electron chi connectivity index (χ1n) is 9.89. The quantitative estimate of drug-likeness (QED) is 0.342. The Hall–Kier alpha value is -4.61. The van der Waals surface area contributed by atoms with Crippen molar-refractivity contribution in [1.29, 1.82) is 0 Å². The Balaban J connectivity index is 1.67. The van der Waals surface area contributed by atoms with Crippen LogP contribution in [0.3, 0.4) is 0 Å². The maximum Gasteiger partial charge on any atom is 0.325 e. The lowest BCUT2D eigenvalue weighted by Gasteiger charge is -2.15. The van der Waals surface area contributed by atoms with E-state index in [4.69, 9.17) is 16.2 Å². The first-order valence-corrected chi connectivity index (χ1v) is 9.89. The number of urea groups is 1. The predicted octanol–water partition coefficient (Wildman–Crippen LogP) is 1.26. The third-order valence-corrected chi connectivity index (χ3v) is 4.63. The Morgan fingerprint density at radius 1 is 1.09 bits per heavy atom. The topological polar surface area (TPSA) is 183 Å². The van der Waals surface area contributed by atoms with Crippen LogP contribution < -0.4 is 32.2 Å². The molecule has 5 amide bonds. The van der Waals surface area contributed by atoms with Crippen molar-refractivity contribution in [2.24, 2.45) is 11.5 Å². The van der Waals surface area contributed by atoms with E-state index in [-0.39, 0.29) is 24.7 Å². The zero-order chi connectivity index (χ0) is 24.0. The van der Waals surface area contributed by atoms with Crippen LogP contribution in [-0.4, -0.2) is 46.5 Å². The molecule has 1 aromatic carbocycles. The maximum absolute atomic E-state index is 12.2. The molecule has 2 aromatic heterocycles. The molecule has 12 nitrogen and oxygen atoms in total. The van der Waals surface area contributed by atoms with Crippen LogP contribution in [0.4, 0.5) is 15.4 Å². The van der Waals surface area contributed by atoms with Gasteiger partial charge in [0.1, 0.15) is 23.4 Å². The van der Waals surface area contributed by atoms with Gasteiger partial charge in [0.15, 0.2) is 0 Å². The van der Waals surface area contributed by atoms with Crippen molar-refractivity contribution >= 4 is 40.6 Å². The largest absolute Gasteiger partial charge is 0.457 e. The zero-order valence-electron chi connectivity index (χ0n) is 17.7. The number of carbonyl (C=O) groups excluding carboxylic acids is 4. The number of pyridine rings is 1. The second-order valence-corrected chi connectivity index (χ2v) is 7.00. The lowest BCUT2D eigenvalue weighted by molar-refractivity contribution is -0.120. The highest BCUT2D eigenvalue weighted by Crippen LogP contribution is 2.27. The number of rotatable bonds is 8. The highest BCUT2D eigenvalue weighted by atomic mass is 16.5. The molecule has 0 radical (unpaired) electrons. The van der Waals surface area contributed by atoms with Crippen LogP contribution >= 0.6 is 0 Å². The van der Waals surface area contributed by atoms with Crippen LogP contribution in [0.15, 0.2) is 48.8 Å². The molecular formula is C21H23N7O5. The fourth-order valence-electron chi connectivity index (χ4n) is 3.04. The Morgan fingerprint density at radius 2 is 1.85 bits per heavy atom. The lowest BCUT2D eigenvalue weighted by atomic mass is 10.1. The normalized spacial score (nSPS) is 11.4. The molecule has 172 valence electrons. The van der Waals surface area contributed by atoms with Gasteiger partial charge in [-0.1, -0.05) is 0 Å². The summed E-state index contributed by atoms with van der Waals surface area (Å²) in [4.78, 5) is 50.5. The summed E-state index contributed by atoms with van der Waals surface area (Å²) in [5, 5.41) is 8.23. The molecule has 7 N–H and O–H groups in total. The minimum atomic E-state index is -1.06. The molecule has 0 saturated carbocycles. The number of ether oxygens (including phenoxy) is 1. The van der Waals surface area contributed by atoms with Crippen molar-refractivity contribution in [2.75, 3.05) is 12.4 Å². The Bertz CT molecular complexity index is 1210. The highest BCUT2D eigenvalue weighted by Gasteiger charge is 2.19. The number of benzene rings is 1. The molecule has 3 rings (SSSR count). The van der Waals surface area contributed by atoms with Crippen LogP contribution in [0.1, 0.15) is 12.8 Å². The van der Waals surface area contributed by atoms with Gasteiger partial charge in [0.05, 0.1) is 5.52 Å². The summed E-state index contributed by atoms with van der Waals surface area (Å²) >= 11 is 0. The van der Waals surface area contributed by atoms with E-state index in [1.807, 2.05) is 0 Å². The first-order chi connectivity index (χ1) is 15.8. The van der Waals surface area contributed by atoms with Crippen molar-refractivity contribution in [2.45, 2.75) is 18.9 Å². The first kappa shape index (κ1) is 23.1. The summed E-state index contributed by atoms with van der Waals surface area (Å²) in [6.07, 6.45) is 2.97. The molecule has 12 heteroatoms. The Kier molecular flexibility index (Phi) is 7.08. The number of nitrogens with two attached hydrogens (primary N) is 2.